The molecule has 1 aromatic carbocycles. The van der Waals surface area contributed by atoms with Crippen LogP contribution in [0.5, 0.6) is 0 Å². The summed E-state index contributed by atoms with van der Waals surface area (Å²) in [6.45, 7) is 6.86. The number of carbonyl (C=O) groups excluding carboxylic acids is 1. The molecule has 0 amide bonds. The molecule has 0 saturated heterocycles. The topological polar surface area (TPSA) is 29.1 Å². The minimum absolute atomic E-state index is 0.292. The van der Waals surface area contributed by atoms with Crippen molar-refractivity contribution >= 4 is 27.4 Å². The normalized spacial score (nSPS) is 21.6. The number of rotatable bonds is 4. The molecule has 1 aliphatic carbocycles. The third-order valence-corrected chi connectivity index (χ3v) is 5.29. The van der Waals surface area contributed by atoms with Crippen molar-refractivity contribution in [2.24, 2.45) is 11.3 Å². The van der Waals surface area contributed by atoms with E-state index in [0.717, 1.165) is 35.0 Å². The number of benzene rings is 1. The van der Waals surface area contributed by atoms with E-state index in [1.165, 1.54) is 0 Å². The molecule has 1 aliphatic rings. The lowest BCUT2D eigenvalue weighted by atomic mass is 9.68. The lowest BCUT2D eigenvalue weighted by molar-refractivity contribution is -0.117. The molecular weight excluding hydrogens is 326 g/mol. The number of anilines is 1. The second kappa shape index (κ2) is 6.78. The summed E-state index contributed by atoms with van der Waals surface area (Å²) in [5.74, 6) is 0.886. The van der Waals surface area contributed by atoms with Gasteiger partial charge in [-0.15, -0.1) is 0 Å². The number of Topliss-reactive ketones (excluding diaryl/α,β-unsaturated/α-hetero) is 1. The third kappa shape index (κ3) is 4.19. The van der Waals surface area contributed by atoms with Crippen LogP contribution in [-0.2, 0) is 4.79 Å². The van der Waals surface area contributed by atoms with Crippen LogP contribution in [0.3, 0.4) is 0 Å². The quantitative estimate of drug-likeness (QED) is 0.721. The molecule has 0 unspecified atom stereocenters. The van der Waals surface area contributed by atoms with Crippen molar-refractivity contribution in [1.29, 1.82) is 0 Å². The van der Waals surface area contributed by atoms with Crippen LogP contribution in [0, 0.1) is 11.3 Å². The maximum Gasteiger partial charge on any atom is 0.160 e. The molecule has 1 aromatic rings. The van der Waals surface area contributed by atoms with E-state index in [1.54, 1.807) is 0 Å². The SMILES string of the molecule is CCC(C)(C)[C@H]1CCC(=O)/C(=C/Nc2cccc(Br)c2)C1. The highest BCUT2D eigenvalue weighted by molar-refractivity contribution is 9.10. The molecule has 1 atom stereocenters. The van der Waals surface area contributed by atoms with Gasteiger partial charge >= 0.3 is 0 Å². The molecule has 1 saturated carbocycles. The molecular formula is C18H24BrNO. The highest BCUT2D eigenvalue weighted by atomic mass is 79.9. The van der Waals surface area contributed by atoms with E-state index in [2.05, 4.69) is 42.0 Å². The standard InChI is InChI=1S/C18H24BrNO/c1-4-18(2,3)14-8-9-17(21)13(10-14)12-20-16-7-5-6-15(19)11-16/h5-7,11-12,14,20H,4,8-10H2,1-3H3/b13-12+/t14-/m0/s1. The van der Waals surface area contributed by atoms with Gasteiger partial charge in [0.15, 0.2) is 5.78 Å². The fraction of sp³-hybridized carbons (Fsp3) is 0.500. The molecule has 114 valence electrons. The van der Waals surface area contributed by atoms with Crippen LogP contribution in [0.4, 0.5) is 5.69 Å². The molecule has 2 rings (SSSR count). The molecule has 0 radical (unpaired) electrons. The summed E-state index contributed by atoms with van der Waals surface area (Å²) >= 11 is 3.46. The molecule has 0 bridgehead atoms. The first-order valence-corrected chi connectivity index (χ1v) is 8.46. The van der Waals surface area contributed by atoms with Crippen molar-refractivity contribution in [2.75, 3.05) is 5.32 Å². The molecule has 1 N–H and O–H groups in total. The summed E-state index contributed by atoms with van der Waals surface area (Å²) in [6, 6.07) is 7.99. The number of nitrogens with one attached hydrogen (secondary N) is 1. The summed E-state index contributed by atoms with van der Waals surface area (Å²) in [5.41, 5.74) is 2.24. The van der Waals surface area contributed by atoms with Gasteiger partial charge in [0.05, 0.1) is 0 Å². The predicted octanol–water partition coefficient (Wildman–Crippen LogP) is 5.55. The van der Waals surface area contributed by atoms with E-state index < -0.39 is 0 Å². The summed E-state index contributed by atoms with van der Waals surface area (Å²) in [7, 11) is 0. The smallest absolute Gasteiger partial charge is 0.160 e. The largest absolute Gasteiger partial charge is 0.361 e. The summed E-state index contributed by atoms with van der Waals surface area (Å²) in [4.78, 5) is 12.1. The third-order valence-electron chi connectivity index (χ3n) is 4.80. The Balaban J connectivity index is 2.10. The highest BCUT2D eigenvalue weighted by Crippen LogP contribution is 2.41. The van der Waals surface area contributed by atoms with Crippen molar-refractivity contribution in [2.45, 2.75) is 46.5 Å². The molecule has 0 aliphatic heterocycles. The molecule has 0 aromatic heterocycles. The Morgan fingerprint density at radius 3 is 2.86 bits per heavy atom. The van der Waals surface area contributed by atoms with Crippen molar-refractivity contribution in [3.8, 4) is 0 Å². The maximum absolute atomic E-state index is 12.1. The molecule has 2 nitrogen and oxygen atoms in total. The van der Waals surface area contributed by atoms with Gasteiger partial charge in [0, 0.05) is 28.4 Å². The molecule has 21 heavy (non-hydrogen) atoms. The summed E-state index contributed by atoms with van der Waals surface area (Å²) in [6.07, 6.45) is 5.65. The van der Waals surface area contributed by atoms with Crippen LogP contribution in [-0.4, -0.2) is 5.78 Å². The lowest BCUT2D eigenvalue weighted by Gasteiger charge is -2.36. The van der Waals surface area contributed by atoms with Crippen LogP contribution in [0.15, 0.2) is 40.5 Å². The average molecular weight is 350 g/mol. The van der Waals surface area contributed by atoms with Gasteiger partial charge in [-0.3, -0.25) is 4.79 Å². The Kier molecular flexibility index (Phi) is 5.26. The first-order chi connectivity index (χ1) is 9.92. The number of allylic oxidation sites excluding steroid dienone is 1. The van der Waals surface area contributed by atoms with E-state index >= 15 is 0 Å². The average Bonchev–Trinajstić information content (AvgIpc) is 2.46. The van der Waals surface area contributed by atoms with Crippen LogP contribution in [0.1, 0.15) is 46.5 Å². The summed E-state index contributed by atoms with van der Waals surface area (Å²) in [5, 5.41) is 3.26. The first kappa shape index (κ1) is 16.3. The number of ketones is 1. The fourth-order valence-corrected chi connectivity index (χ4v) is 3.19. The molecule has 0 heterocycles. The Hall–Kier alpha value is -1.09. The Bertz CT molecular complexity index is 548. The van der Waals surface area contributed by atoms with E-state index in [-0.39, 0.29) is 0 Å². The summed E-state index contributed by atoms with van der Waals surface area (Å²) < 4.78 is 1.03. The van der Waals surface area contributed by atoms with Gasteiger partial charge in [0.1, 0.15) is 0 Å². The monoisotopic (exact) mass is 349 g/mol. The van der Waals surface area contributed by atoms with Gasteiger partial charge in [-0.2, -0.15) is 0 Å². The van der Waals surface area contributed by atoms with Crippen molar-refractivity contribution < 1.29 is 4.79 Å². The number of carbonyl (C=O) groups is 1. The van der Waals surface area contributed by atoms with Gasteiger partial charge in [-0.05, 0) is 42.4 Å². The van der Waals surface area contributed by atoms with Gasteiger partial charge in [-0.1, -0.05) is 49.2 Å². The van der Waals surface area contributed by atoms with E-state index in [1.807, 2.05) is 30.5 Å². The zero-order valence-electron chi connectivity index (χ0n) is 13.1. The predicted molar refractivity (Wildman–Crippen MR) is 92.3 cm³/mol. The first-order valence-electron chi connectivity index (χ1n) is 7.66. The maximum atomic E-state index is 12.1. The second-order valence-corrected chi connectivity index (χ2v) is 7.44. The molecule has 1 fully saturated rings. The van der Waals surface area contributed by atoms with Gasteiger partial charge in [0.25, 0.3) is 0 Å². The van der Waals surface area contributed by atoms with Gasteiger partial charge < -0.3 is 5.32 Å². The van der Waals surface area contributed by atoms with E-state index in [9.17, 15) is 4.79 Å². The number of hydrogen-bond acceptors (Lipinski definition) is 2. The van der Waals surface area contributed by atoms with Crippen LogP contribution in [0.25, 0.3) is 0 Å². The van der Waals surface area contributed by atoms with Crippen LogP contribution in [0.2, 0.25) is 0 Å². The van der Waals surface area contributed by atoms with Crippen LogP contribution < -0.4 is 5.32 Å². The Morgan fingerprint density at radius 2 is 2.19 bits per heavy atom. The fourth-order valence-electron chi connectivity index (χ4n) is 2.79. The van der Waals surface area contributed by atoms with Crippen LogP contribution >= 0.6 is 15.9 Å². The molecule has 3 heteroatoms. The van der Waals surface area contributed by atoms with E-state index in [0.29, 0.717) is 23.5 Å². The zero-order chi connectivity index (χ0) is 15.5. The Morgan fingerprint density at radius 1 is 1.43 bits per heavy atom. The van der Waals surface area contributed by atoms with Crippen molar-refractivity contribution in [1.82, 2.24) is 0 Å². The minimum Gasteiger partial charge on any atom is -0.361 e. The Labute approximate surface area is 136 Å². The van der Waals surface area contributed by atoms with Crippen molar-refractivity contribution in [3.63, 3.8) is 0 Å². The number of halogens is 1. The van der Waals surface area contributed by atoms with Gasteiger partial charge in [0.2, 0.25) is 0 Å². The zero-order valence-corrected chi connectivity index (χ0v) is 14.7. The van der Waals surface area contributed by atoms with Crippen molar-refractivity contribution in [3.05, 3.63) is 40.5 Å². The lowest BCUT2D eigenvalue weighted by Crippen LogP contribution is -2.29. The highest BCUT2D eigenvalue weighted by Gasteiger charge is 2.33. The minimum atomic E-state index is 0.292. The molecule has 0 spiro atoms. The second-order valence-electron chi connectivity index (χ2n) is 6.53. The van der Waals surface area contributed by atoms with Gasteiger partial charge in [-0.25, -0.2) is 0 Å². The van der Waals surface area contributed by atoms with E-state index in [4.69, 9.17) is 0 Å². The number of hydrogen-bond donors (Lipinski definition) is 1.